The van der Waals surface area contributed by atoms with Crippen LogP contribution in [0.2, 0.25) is 18.1 Å². The summed E-state index contributed by atoms with van der Waals surface area (Å²) in [7, 11) is -1.84. The summed E-state index contributed by atoms with van der Waals surface area (Å²) < 4.78 is 25.0. The summed E-state index contributed by atoms with van der Waals surface area (Å²) in [5.74, 6) is -0.596. The average molecular weight is 394 g/mol. The molecular weight excluding hydrogens is 358 g/mol. The van der Waals surface area contributed by atoms with Crippen molar-refractivity contribution in [3.8, 4) is 0 Å². The van der Waals surface area contributed by atoms with Crippen molar-refractivity contribution >= 4 is 8.32 Å². The second-order valence-corrected chi connectivity index (χ2v) is 14.4. The van der Waals surface area contributed by atoms with E-state index < -0.39 is 14.1 Å². The second kappa shape index (κ2) is 7.58. The molecule has 1 N–H and O–H groups in total. The lowest BCUT2D eigenvalue weighted by Crippen LogP contribution is -2.44. The lowest BCUT2D eigenvalue weighted by atomic mass is 10.1. The Hall–Kier alpha value is -0.763. The Morgan fingerprint density at radius 1 is 1.07 bits per heavy atom. The molecule has 1 unspecified atom stereocenters. The van der Waals surface area contributed by atoms with Gasteiger partial charge in [0.2, 0.25) is 0 Å². The molecule has 152 valence electrons. The van der Waals surface area contributed by atoms with Crippen LogP contribution in [0.4, 0.5) is 0 Å². The topological polar surface area (TPSA) is 49.0 Å². The van der Waals surface area contributed by atoms with Gasteiger partial charge in [0.25, 0.3) is 0 Å². The third kappa shape index (κ3) is 4.81. The standard InChI is InChI=1S/C21H35NO4Si/c1-20(2,3)27(6,7)23-14-16-17-18(26-21(4,5)25-17)19(24-16)22-13-15-11-9-8-10-12-15/h8-12,16-19,22H,13-14H2,1-7H3/t16-,17+,18+,19?/m1/s1. The Morgan fingerprint density at radius 2 is 1.70 bits per heavy atom. The Balaban J connectivity index is 1.65. The van der Waals surface area contributed by atoms with E-state index in [0.717, 1.165) is 6.54 Å². The first-order chi connectivity index (χ1) is 12.5. The van der Waals surface area contributed by atoms with Crippen molar-refractivity contribution in [1.82, 2.24) is 5.32 Å². The van der Waals surface area contributed by atoms with Crippen molar-refractivity contribution in [3.63, 3.8) is 0 Å². The lowest BCUT2D eigenvalue weighted by Gasteiger charge is -2.37. The van der Waals surface area contributed by atoms with Gasteiger partial charge in [0, 0.05) is 6.54 Å². The summed E-state index contributed by atoms with van der Waals surface area (Å²) in [5.41, 5.74) is 1.22. The van der Waals surface area contributed by atoms with Crippen LogP contribution < -0.4 is 5.32 Å². The minimum absolute atomic E-state index is 0.113. The van der Waals surface area contributed by atoms with Gasteiger partial charge >= 0.3 is 0 Å². The van der Waals surface area contributed by atoms with E-state index in [2.05, 4.69) is 51.3 Å². The summed E-state index contributed by atoms with van der Waals surface area (Å²) in [5, 5.41) is 3.66. The van der Waals surface area contributed by atoms with Crippen LogP contribution >= 0.6 is 0 Å². The minimum atomic E-state index is -1.84. The van der Waals surface area contributed by atoms with Crippen LogP contribution in [0.3, 0.4) is 0 Å². The highest BCUT2D eigenvalue weighted by molar-refractivity contribution is 6.74. The summed E-state index contributed by atoms with van der Waals surface area (Å²) >= 11 is 0. The molecular formula is C21H35NO4Si. The van der Waals surface area contributed by atoms with Gasteiger partial charge in [-0.3, -0.25) is 5.32 Å². The van der Waals surface area contributed by atoms with Crippen molar-refractivity contribution in [3.05, 3.63) is 35.9 Å². The zero-order chi connectivity index (χ0) is 19.9. The monoisotopic (exact) mass is 393 g/mol. The van der Waals surface area contributed by atoms with E-state index in [0.29, 0.717) is 6.61 Å². The molecule has 2 fully saturated rings. The molecule has 2 heterocycles. The average Bonchev–Trinajstić information content (AvgIpc) is 3.04. The number of hydrogen-bond acceptors (Lipinski definition) is 5. The third-order valence-corrected chi connectivity index (χ3v) is 10.4. The summed E-state index contributed by atoms with van der Waals surface area (Å²) in [6.07, 6.45) is -0.570. The molecule has 1 aromatic carbocycles. The second-order valence-electron chi connectivity index (χ2n) is 9.60. The molecule has 0 bridgehead atoms. The SMILES string of the molecule is CC1(C)O[C@@H]2[C@H](O1)C(NCc1ccccc1)O[C@@H]2CO[Si](C)(C)C(C)(C)C. The molecule has 1 aromatic rings. The van der Waals surface area contributed by atoms with Crippen LogP contribution in [0.15, 0.2) is 30.3 Å². The van der Waals surface area contributed by atoms with Crippen molar-refractivity contribution in [1.29, 1.82) is 0 Å². The van der Waals surface area contributed by atoms with Crippen LogP contribution in [0.5, 0.6) is 0 Å². The van der Waals surface area contributed by atoms with Crippen LogP contribution in [-0.2, 0) is 25.2 Å². The zero-order valence-electron chi connectivity index (χ0n) is 17.7. The third-order valence-electron chi connectivity index (χ3n) is 5.91. The molecule has 0 aromatic heterocycles. The van der Waals surface area contributed by atoms with E-state index in [1.165, 1.54) is 5.56 Å². The highest BCUT2D eigenvalue weighted by Gasteiger charge is 2.55. The zero-order valence-corrected chi connectivity index (χ0v) is 18.7. The summed E-state index contributed by atoms with van der Waals surface area (Å²) in [6.45, 7) is 16.5. The fourth-order valence-corrected chi connectivity index (χ4v) is 4.32. The van der Waals surface area contributed by atoms with Crippen molar-refractivity contribution < 1.29 is 18.6 Å². The lowest BCUT2D eigenvalue weighted by molar-refractivity contribution is -0.193. The van der Waals surface area contributed by atoms with E-state index in [1.807, 2.05) is 32.0 Å². The van der Waals surface area contributed by atoms with Gasteiger partial charge < -0.3 is 18.6 Å². The molecule has 2 aliphatic heterocycles. The molecule has 0 saturated carbocycles. The maximum absolute atomic E-state index is 6.42. The van der Waals surface area contributed by atoms with Gasteiger partial charge in [0.1, 0.15) is 24.5 Å². The maximum Gasteiger partial charge on any atom is 0.192 e. The number of benzene rings is 1. The van der Waals surface area contributed by atoms with Gasteiger partial charge in [0.15, 0.2) is 14.1 Å². The van der Waals surface area contributed by atoms with Gasteiger partial charge in [-0.1, -0.05) is 51.1 Å². The quantitative estimate of drug-likeness (QED) is 0.739. The number of fused-ring (bicyclic) bond motifs is 1. The predicted octanol–water partition coefficient (Wildman–Crippen LogP) is 4.04. The van der Waals surface area contributed by atoms with Crippen LogP contribution in [0, 0.1) is 0 Å². The van der Waals surface area contributed by atoms with E-state index >= 15 is 0 Å². The van der Waals surface area contributed by atoms with Crippen LogP contribution in [0.1, 0.15) is 40.2 Å². The summed E-state index contributed by atoms with van der Waals surface area (Å²) in [4.78, 5) is 0. The Morgan fingerprint density at radius 3 is 2.33 bits per heavy atom. The van der Waals surface area contributed by atoms with Gasteiger partial charge in [0.05, 0.1) is 6.61 Å². The van der Waals surface area contributed by atoms with E-state index in [9.17, 15) is 0 Å². The smallest absolute Gasteiger partial charge is 0.192 e. The van der Waals surface area contributed by atoms with Crippen molar-refractivity contribution in [2.24, 2.45) is 0 Å². The molecule has 5 nitrogen and oxygen atoms in total. The number of nitrogens with one attached hydrogen (secondary N) is 1. The largest absolute Gasteiger partial charge is 0.414 e. The molecule has 0 radical (unpaired) electrons. The first kappa shape index (κ1) is 21.0. The molecule has 0 spiro atoms. The van der Waals surface area contributed by atoms with Gasteiger partial charge in [-0.25, -0.2) is 0 Å². The Bertz CT molecular complexity index is 629. The summed E-state index contributed by atoms with van der Waals surface area (Å²) in [6, 6.07) is 10.3. The normalized spacial score (nSPS) is 30.5. The van der Waals surface area contributed by atoms with Crippen LogP contribution in [-0.4, -0.2) is 45.3 Å². The van der Waals surface area contributed by atoms with Crippen LogP contribution in [0.25, 0.3) is 0 Å². The first-order valence-electron chi connectivity index (χ1n) is 9.91. The molecule has 27 heavy (non-hydrogen) atoms. The fraction of sp³-hybridized carbons (Fsp3) is 0.714. The van der Waals surface area contributed by atoms with Crippen molar-refractivity contribution in [2.75, 3.05) is 6.61 Å². The van der Waals surface area contributed by atoms with Crippen molar-refractivity contribution in [2.45, 2.75) is 89.6 Å². The van der Waals surface area contributed by atoms with Gasteiger partial charge in [-0.15, -0.1) is 0 Å². The minimum Gasteiger partial charge on any atom is -0.414 e. The molecule has 2 aliphatic rings. The molecule has 4 atom stereocenters. The fourth-order valence-electron chi connectivity index (χ4n) is 3.30. The highest BCUT2D eigenvalue weighted by atomic mass is 28.4. The van der Waals surface area contributed by atoms with E-state index in [1.54, 1.807) is 0 Å². The van der Waals surface area contributed by atoms with Gasteiger partial charge in [-0.05, 0) is 37.5 Å². The molecule has 0 amide bonds. The molecule has 6 heteroatoms. The van der Waals surface area contributed by atoms with E-state index in [-0.39, 0.29) is 29.6 Å². The highest BCUT2D eigenvalue weighted by Crippen LogP contribution is 2.40. The Kier molecular flexibility index (Phi) is 5.88. The Labute approximate surface area is 164 Å². The molecule has 0 aliphatic carbocycles. The predicted molar refractivity (Wildman–Crippen MR) is 109 cm³/mol. The number of hydrogen-bond donors (Lipinski definition) is 1. The maximum atomic E-state index is 6.42. The first-order valence-corrected chi connectivity index (χ1v) is 12.8. The van der Waals surface area contributed by atoms with Gasteiger partial charge in [-0.2, -0.15) is 0 Å². The molecule has 3 rings (SSSR count). The van der Waals surface area contributed by atoms with E-state index in [4.69, 9.17) is 18.6 Å². The number of rotatable bonds is 6. The molecule has 2 saturated heterocycles. The number of ether oxygens (including phenoxy) is 3.